The van der Waals surface area contributed by atoms with Crippen LogP contribution in [0.25, 0.3) is 0 Å². The van der Waals surface area contributed by atoms with Crippen LogP contribution in [0.15, 0.2) is 18.3 Å². The second-order valence-electron chi connectivity index (χ2n) is 2.92. The highest BCUT2D eigenvalue weighted by Crippen LogP contribution is 1.98. The summed E-state index contributed by atoms with van der Waals surface area (Å²) in [6.07, 6.45) is 2.83. The van der Waals surface area contributed by atoms with Crippen LogP contribution in [0.5, 0.6) is 0 Å². The van der Waals surface area contributed by atoms with E-state index >= 15 is 0 Å². The second-order valence-corrected chi connectivity index (χ2v) is 4.75. The highest BCUT2D eigenvalue weighted by atomic mass is 32.2. The minimum Gasteiger partial charge on any atom is -0.260 e. The smallest absolute Gasteiger partial charge is 0.209 e. The lowest BCUT2D eigenvalue weighted by atomic mass is 10.3. The van der Waals surface area contributed by atoms with Gasteiger partial charge < -0.3 is 0 Å². The third kappa shape index (κ3) is 4.00. The minimum atomic E-state index is -3.12. The van der Waals surface area contributed by atoms with Crippen molar-refractivity contribution in [3.8, 4) is 0 Å². The summed E-state index contributed by atoms with van der Waals surface area (Å²) >= 11 is 0. The van der Waals surface area contributed by atoms with Gasteiger partial charge >= 0.3 is 0 Å². The first-order valence-electron chi connectivity index (χ1n) is 3.83. The van der Waals surface area contributed by atoms with E-state index in [4.69, 9.17) is 0 Å². The zero-order valence-corrected chi connectivity index (χ0v) is 8.43. The highest BCUT2D eigenvalue weighted by molar-refractivity contribution is 7.88. The molecule has 0 saturated heterocycles. The molecule has 1 rings (SSSR count). The van der Waals surface area contributed by atoms with Gasteiger partial charge in [0.1, 0.15) is 0 Å². The van der Waals surface area contributed by atoms with E-state index < -0.39 is 10.0 Å². The Morgan fingerprint density at radius 1 is 1.46 bits per heavy atom. The Bertz CT molecular complexity index is 370. The lowest BCUT2D eigenvalue weighted by Crippen LogP contribution is -2.21. The van der Waals surface area contributed by atoms with Crippen molar-refractivity contribution < 1.29 is 8.42 Å². The summed E-state index contributed by atoms with van der Waals surface area (Å²) in [4.78, 5) is 4.05. The first-order valence-corrected chi connectivity index (χ1v) is 5.73. The fourth-order valence-corrected chi connectivity index (χ4v) is 1.22. The van der Waals surface area contributed by atoms with Gasteiger partial charge in [0.2, 0.25) is 10.0 Å². The van der Waals surface area contributed by atoms with Crippen LogP contribution in [-0.2, 0) is 16.6 Å². The molecule has 1 aromatic rings. The van der Waals surface area contributed by atoms with Gasteiger partial charge in [0, 0.05) is 6.20 Å². The van der Waals surface area contributed by atoms with Gasteiger partial charge in [-0.05, 0) is 18.6 Å². The van der Waals surface area contributed by atoms with Crippen LogP contribution < -0.4 is 4.72 Å². The SMILES string of the molecule is Cc1ccc(CNS(C)(=O)=O)nc1. The van der Waals surface area contributed by atoms with Crippen molar-refractivity contribution in [1.82, 2.24) is 9.71 Å². The molecule has 0 saturated carbocycles. The predicted molar refractivity (Wildman–Crippen MR) is 50.7 cm³/mol. The van der Waals surface area contributed by atoms with Crippen LogP contribution in [0, 0.1) is 6.92 Å². The van der Waals surface area contributed by atoms with Crippen molar-refractivity contribution in [2.75, 3.05) is 6.26 Å². The van der Waals surface area contributed by atoms with Crippen LogP contribution in [0.2, 0.25) is 0 Å². The molecular formula is C8H12N2O2S. The summed E-state index contributed by atoms with van der Waals surface area (Å²) in [5.41, 5.74) is 1.78. The Kier molecular flexibility index (Phi) is 3.00. The van der Waals surface area contributed by atoms with E-state index in [1.54, 1.807) is 12.3 Å². The molecule has 1 heterocycles. The molecule has 72 valence electrons. The Morgan fingerprint density at radius 3 is 2.62 bits per heavy atom. The van der Waals surface area contributed by atoms with Gasteiger partial charge in [-0.3, -0.25) is 4.98 Å². The summed E-state index contributed by atoms with van der Waals surface area (Å²) in [7, 11) is -3.12. The lowest BCUT2D eigenvalue weighted by molar-refractivity contribution is 0.586. The third-order valence-electron chi connectivity index (χ3n) is 1.49. The molecule has 0 amide bonds. The minimum absolute atomic E-state index is 0.249. The largest absolute Gasteiger partial charge is 0.260 e. The van der Waals surface area contributed by atoms with Crippen molar-refractivity contribution in [2.24, 2.45) is 0 Å². The molecule has 0 fully saturated rings. The van der Waals surface area contributed by atoms with Gasteiger partial charge in [0.15, 0.2) is 0 Å². The van der Waals surface area contributed by atoms with E-state index in [9.17, 15) is 8.42 Å². The predicted octanol–water partition coefficient (Wildman–Crippen LogP) is 0.439. The van der Waals surface area contributed by atoms with Crippen molar-refractivity contribution in [3.63, 3.8) is 0 Å². The molecule has 0 bridgehead atoms. The first kappa shape index (κ1) is 10.1. The topological polar surface area (TPSA) is 59.1 Å². The number of nitrogens with zero attached hydrogens (tertiary/aromatic N) is 1. The zero-order chi connectivity index (χ0) is 9.90. The molecule has 13 heavy (non-hydrogen) atoms. The van der Waals surface area contributed by atoms with E-state index in [1.165, 1.54) is 0 Å². The molecule has 1 aromatic heterocycles. The van der Waals surface area contributed by atoms with E-state index in [-0.39, 0.29) is 6.54 Å². The molecule has 0 spiro atoms. The van der Waals surface area contributed by atoms with Gasteiger partial charge in [-0.15, -0.1) is 0 Å². The molecule has 0 aliphatic rings. The Hall–Kier alpha value is -0.940. The maximum atomic E-state index is 10.7. The molecule has 0 aliphatic carbocycles. The summed E-state index contributed by atoms with van der Waals surface area (Å²) in [6.45, 7) is 2.18. The Labute approximate surface area is 78.1 Å². The van der Waals surface area contributed by atoms with Crippen LogP contribution in [0.3, 0.4) is 0 Å². The normalized spacial score (nSPS) is 11.5. The maximum absolute atomic E-state index is 10.7. The van der Waals surface area contributed by atoms with E-state index in [0.29, 0.717) is 0 Å². The standard InChI is InChI=1S/C8H12N2O2S/c1-7-3-4-8(9-5-7)6-10-13(2,11)12/h3-5,10H,6H2,1-2H3. The van der Waals surface area contributed by atoms with E-state index in [2.05, 4.69) is 9.71 Å². The molecule has 0 aliphatic heterocycles. The van der Waals surface area contributed by atoms with E-state index in [0.717, 1.165) is 17.5 Å². The third-order valence-corrected chi connectivity index (χ3v) is 2.16. The van der Waals surface area contributed by atoms with Crippen molar-refractivity contribution >= 4 is 10.0 Å². The molecular weight excluding hydrogens is 188 g/mol. The quantitative estimate of drug-likeness (QED) is 0.770. The van der Waals surface area contributed by atoms with Crippen LogP contribution >= 0.6 is 0 Å². The average Bonchev–Trinajstić information content (AvgIpc) is 2.02. The van der Waals surface area contributed by atoms with Crippen LogP contribution in [0.4, 0.5) is 0 Å². The van der Waals surface area contributed by atoms with Crippen molar-refractivity contribution in [2.45, 2.75) is 13.5 Å². The molecule has 0 unspecified atom stereocenters. The monoisotopic (exact) mass is 200 g/mol. The van der Waals surface area contributed by atoms with Gasteiger partial charge in [-0.1, -0.05) is 6.07 Å². The zero-order valence-electron chi connectivity index (χ0n) is 7.61. The van der Waals surface area contributed by atoms with Gasteiger partial charge in [0.25, 0.3) is 0 Å². The number of aromatic nitrogens is 1. The highest BCUT2D eigenvalue weighted by Gasteiger charge is 2.00. The number of hydrogen-bond donors (Lipinski definition) is 1. The molecule has 1 N–H and O–H groups in total. The average molecular weight is 200 g/mol. The van der Waals surface area contributed by atoms with Crippen molar-refractivity contribution in [1.29, 1.82) is 0 Å². The molecule has 0 aromatic carbocycles. The van der Waals surface area contributed by atoms with Crippen LogP contribution in [-0.4, -0.2) is 19.7 Å². The number of pyridine rings is 1. The number of aryl methyl sites for hydroxylation is 1. The summed E-state index contributed by atoms with van der Waals surface area (Å²) in [5, 5.41) is 0. The Balaban J connectivity index is 2.61. The second kappa shape index (κ2) is 3.85. The fourth-order valence-electron chi connectivity index (χ4n) is 0.808. The van der Waals surface area contributed by atoms with Gasteiger partial charge in [0.05, 0.1) is 18.5 Å². The molecule has 4 nitrogen and oxygen atoms in total. The number of nitrogens with one attached hydrogen (secondary N) is 1. The van der Waals surface area contributed by atoms with E-state index in [1.807, 2.05) is 13.0 Å². The van der Waals surface area contributed by atoms with Crippen molar-refractivity contribution in [3.05, 3.63) is 29.6 Å². The summed E-state index contributed by atoms with van der Waals surface area (Å²) < 4.78 is 23.8. The van der Waals surface area contributed by atoms with Gasteiger partial charge in [-0.25, -0.2) is 13.1 Å². The number of hydrogen-bond acceptors (Lipinski definition) is 3. The first-order chi connectivity index (χ1) is 5.97. The van der Waals surface area contributed by atoms with Gasteiger partial charge in [-0.2, -0.15) is 0 Å². The number of rotatable bonds is 3. The molecule has 0 atom stereocenters. The molecule has 5 heteroatoms. The lowest BCUT2D eigenvalue weighted by Gasteiger charge is -2.01. The number of sulfonamides is 1. The van der Waals surface area contributed by atoms with Crippen LogP contribution in [0.1, 0.15) is 11.3 Å². The summed E-state index contributed by atoms with van der Waals surface area (Å²) in [5.74, 6) is 0. The molecule has 0 radical (unpaired) electrons. The summed E-state index contributed by atoms with van der Waals surface area (Å²) in [6, 6.07) is 3.69. The Morgan fingerprint density at radius 2 is 2.15 bits per heavy atom. The maximum Gasteiger partial charge on any atom is 0.209 e. The fraction of sp³-hybridized carbons (Fsp3) is 0.375.